The maximum atomic E-state index is 13.7. The number of fused-ring (bicyclic) bond motifs is 1. The third-order valence-electron chi connectivity index (χ3n) is 5.80. The Kier molecular flexibility index (Phi) is 8.13. The zero-order valence-electron chi connectivity index (χ0n) is 19.9. The van der Waals surface area contributed by atoms with Crippen molar-refractivity contribution in [2.45, 2.75) is 25.8 Å². The van der Waals surface area contributed by atoms with Crippen molar-refractivity contribution in [2.24, 2.45) is 0 Å². The fraction of sp³-hybridized carbons (Fsp3) is 0.207. The lowest BCUT2D eigenvalue weighted by Gasteiger charge is -2.18. The molecule has 186 valence electrons. The van der Waals surface area contributed by atoms with Crippen molar-refractivity contribution in [3.8, 4) is 5.75 Å². The van der Waals surface area contributed by atoms with Gasteiger partial charge in [-0.25, -0.2) is 8.78 Å². The second-order valence-corrected chi connectivity index (χ2v) is 8.55. The van der Waals surface area contributed by atoms with Crippen LogP contribution in [-0.4, -0.2) is 35.3 Å². The molecular formula is C29H28F2N2O3. The average molecular weight is 491 g/mol. The molecule has 4 rings (SSSR count). The number of aromatic nitrogens is 1. The second kappa shape index (κ2) is 11.6. The molecule has 1 aromatic heterocycles. The maximum Gasteiger partial charge on any atom is 0.255 e. The zero-order chi connectivity index (χ0) is 25.5. The summed E-state index contributed by atoms with van der Waals surface area (Å²) in [6.07, 6.45) is 6.52. The van der Waals surface area contributed by atoms with E-state index in [2.05, 4.69) is 10.3 Å². The highest BCUT2D eigenvalue weighted by Crippen LogP contribution is 2.24. The zero-order valence-corrected chi connectivity index (χ0v) is 19.9. The highest BCUT2D eigenvalue weighted by Gasteiger charge is 2.19. The van der Waals surface area contributed by atoms with Crippen LogP contribution in [0, 0.1) is 11.6 Å². The van der Waals surface area contributed by atoms with Crippen LogP contribution in [0.3, 0.4) is 0 Å². The molecule has 0 aliphatic carbocycles. The number of aliphatic hydroxyl groups is 1. The highest BCUT2D eigenvalue weighted by molar-refractivity contribution is 5.98. The van der Waals surface area contributed by atoms with Gasteiger partial charge < -0.3 is 20.1 Å². The number of H-pyrrole nitrogens is 1. The Morgan fingerprint density at radius 3 is 2.50 bits per heavy atom. The number of nitrogens with one attached hydrogen (secondary N) is 2. The van der Waals surface area contributed by atoms with Gasteiger partial charge in [0.05, 0.1) is 24.8 Å². The number of hydrogen-bond acceptors (Lipinski definition) is 3. The molecule has 1 amide bonds. The van der Waals surface area contributed by atoms with E-state index in [0.29, 0.717) is 29.7 Å². The lowest BCUT2D eigenvalue weighted by molar-refractivity contribution is 0.0912. The van der Waals surface area contributed by atoms with Crippen LogP contribution in [0.25, 0.3) is 23.1 Å². The Morgan fingerprint density at radius 2 is 1.75 bits per heavy atom. The fourth-order valence-corrected chi connectivity index (χ4v) is 3.94. The van der Waals surface area contributed by atoms with Gasteiger partial charge in [-0.1, -0.05) is 37.3 Å². The van der Waals surface area contributed by atoms with E-state index in [0.717, 1.165) is 28.6 Å². The molecule has 0 bridgehead atoms. The summed E-state index contributed by atoms with van der Waals surface area (Å²) in [6, 6.07) is 15.3. The molecule has 0 saturated heterocycles. The van der Waals surface area contributed by atoms with Gasteiger partial charge in [0.15, 0.2) is 0 Å². The first kappa shape index (κ1) is 25.1. The number of carbonyl (C=O) groups is 1. The minimum absolute atomic E-state index is 0.289. The van der Waals surface area contributed by atoms with Gasteiger partial charge in [0, 0.05) is 17.1 Å². The van der Waals surface area contributed by atoms with E-state index < -0.39 is 6.04 Å². The molecule has 5 nitrogen and oxygen atoms in total. The molecular weight excluding hydrogens is 462 g/mol. The molecule has 3 aromatic carbocycles. The Hall–Kier alpha value is -3.97. The summed E-state index contributed by atoms with van der Waals surface area (Å²) in [5, 5.41) is 13.6. The van der Waals surface area contributed by atoms with Gasteiger partial charge >= 0.3 is 0 Å². The van der Waals surface area contributed by atoms with E-state index in [9.17, 15) is 18.7 Å². The average Bonchev–Trinajstić information content (AvgIpc) is 3.28. The van der Waals surface area contributed by atoms with E-state index in [1.165, 1.54) is 24.3 Å². The fourth-order valence-electron chi connectivity index (χ4n) is 3.94. The molecule has 0 fully saturated rings. The van der Waals surface area contributed by atoms with Gasteiger partial charge in [-0.05, 0) is 72.0 Å². The van der Waals surface area contributed by atoms with E-state index in [4.69, 9.17) is 4.74 Å². The molecule has 36 heavy (non-hydrogen) atoms. The Balaban J connectivity index is 1.55. The predicted octanol–water partition coefficient (Wildman–Crippen LogP) is 5.74. The van der Waals surface area contributed by atoms with Gasteiger partial charge in [-0.15, -0.1) is 0 Å². The van der Waals surface area contributed by atoms with Gasteiger partial charge in [0.25, 0.3) is 5.91 Å². The minimum Gasteiger partial charge on any atom is -0.493 e. The van der Waals surface area contributed by atoms with Gasteiger partial charge in [0.1, 0.15) is 17.4 Å². The van der Waals surface area contributed by atoms with Crippen LogP contribution in [0.2, 0.25) is 0 Å². The quantitative estimate of drug-likeness (QED) is 0.248. The number of carbonyl (C=O) groups excluding carboxylic acids is 1. The van der Waals surface area contributed by atoms with Crippen LogP contribution in [-0.2, 0) is 6.42 Å². The van der Waals surface area contributed by atoms with Crippen molar-refractivity contribution in [1.29, 1.82) is 0 Å². The first-order chi connectivity index (χ1) is 17.5. The molecule has 0 spiro atoms. The lowest BCUT2D eigenvalue weighted by atomic mass is 10.0. The minimum atomic E-state index is -0.586. The van der Waals surface area contributed by atoms with Crippen LogP contribution in [0.5, 0.6) is 5.75 Å². The van der Waals surface area contributed by atoms with Crippen LogP contribution in [0.15, 0.2) is 66.9 Å². The molecule has 4 aromatic rings. The number of amides is 1. The summed E-state index contributed by atoms with van der Waals surface area (Å²) in [6.45, 7) is 2.14. The van der Waals surface area contributed by atoms with E-state index in [1.807, 2.05) is 25.1 Å². The molecule has 0 aliphatic heterocycles. The Bertz CT molecular complexity index is 1360. The van der Waals surface area contributed by atoms with E-state index >= 15 is 0 Å². The van der Waals surface area contributed by atoms with Crippen LogP contribution in [0.1, 0.15) is 40.4 Å². The van der Waals surface area contributed by atoms with Crippen LogP contribution >= 0.6 is 0 Å². The lowest BCUT2D eigenvalue weighted by Crippen LogP contribution is -2.39. The second-order valence-electron chi connectivity index (χ2n) is 8.55. The maximum absolute atomic E-state index is 13.7. The normalized spacial score (nSPS) is 12.2. The number of ether oxygens (including phenoxy) is 1. The summed E-state index contributed by atoms with van der Waals surface area (Å²) in [5.41, 5.74) is 3.51. The van der Waals surface area contributed by atoms with Crippen molar-refractivity contribution in [1.82, 2.24) is 10.3 Å². The molecule has 0 saturated carbocycles. The van der Waals surface area contributed by atoms with Crippen molar-refractivity contribution >= 4 is 29.0 Å². The molecule has 3 N–H and O–H groups in total. The van der Waals surface area contributed by atoms with Crippen molar-refractivity contribution in [2.75, 3.05) is 13.2 Å². The molecule has 0 aliphatic rings. The number of aliphatic hydroxyl groups excluding tert-OH is 1. The summed E-state index contributed by atoms with van der Waals surface area (Å²) in [4.78, 5) is 16.4. The van der Waals surface area contributed by atoms with Crippen molar-refractivity contribution in [3.05, 3.63) is 101 Å². The summed E-state index contributed by atoms with van der Waals surface area (Å²) >= 11 is 0. The van der Waals surface area contributed by atoms with Gasteiger partial charge in [-0.2, -0.15) is 0 Å². The largest absolute Gasteiger partial charge is 0.493 e. The Labute approximate surface area is 208 Å². The SMILES string of the molecule is CCCOc1ccc(/C=C/c2ccc(F)cc2)cc1C(=O)NC(CO)Cc1c[nH]c2ccc(F)cc12. The number of benzene rings is 3. The third-order valence-corrected chi connectivity index (χ3v) is 5.80. The molecule has 0 radical (unpaired) electrons. The first-order valence-electron chi connectivity index (χ1n) is 11.8. The number of hydrogen-bond donors (Lipinski definition) is 3. The number of rotatable bonds is 10. The Morgan fingerprint density at radius 1 is 1.03 bits per heavy atom. The molecule has 7 heteroatoms. The summed E-state index contributed by atoms with van der Waals surface area (Å²) in [5.74, 6) is -0.599. The number of halogens is 2. The summed E-state index contributed by atoms with van der Waals surface area (Å²) in [7, 11) is 0. The van der Waals surface area contributed by atoms with Crippen molar-refractivity contribution in [3.63, 3.8) is 0 Å². The smallest absolute Gasteiger partial charge is 0.255 e. The van der Waals surface area contributed by atoms with E-state index in [-0.39, 0.29) is 24.1 Å². The van der Waals surface area contributed by atoms with Crippen LogP contribution in [0.4, 0.5) is 8.78 Å². The predicted molar refractivity (Wildman–Crippen MR) is 138 cm³/mol. The number of aromatic amines is 1. The molecule has 1 heterocycles. The topological polar surface area (TPSA) is 74.3 Å². The van der Waals surface area contributed by atoms with Gasteiger partial charge in [-0.3, -0.25) is 4.79 Å². The third kappa shape index (κ3) is 6.17. The molecule has 1 unspecified atom stereocenters. The monoisotopic (exact) mass is 490 g/mol. The summed E-state index contributed by atoms with van der Waals surface area (Å²) < 4.78 is 32.7. The van der Waals surface area contributed by atoms with Gasteiger partial charge in [0.2, 0.25) is 0 Å². The first-order valence-corrected chi connectivity index (χ1v) is 11.8. The standard InChI is InChI=1S/C29H28F2N2O3/c1-2-13-36-28-12-7-20(4-3-19-5-8-22(30)9-6-19)14-26(28)29(35)33-24(18-34)15-21-17-32-27-11-10-23(31)16-25(21)27/h3-12,14,16-17,24,32,34H,2,13,15,18H2,1H3,(H,33,35)/b4-3+. The van der Waals surface area contributed by atoms with Crippen LogP contribution < -0.4 is 10.1 Å². The van der Waals surface area contributed by atoms with Crippen molar-refractivity contribution < 1.29 is 23.4 Å². The molecule has 1 atom stereocenters. The van der Waals surface area contributed by atoms with E-state index in [1.54, 1.807) is 36.5 Å². The highest BCUT2D eigenvalue weighted by atomic mass is 19.1.